The van der Waals surface area contributed by atoms with Gasteiger partial charge in [0.2, 0.25) is 5.71 Å². The number of nitriles is 1. The SMILES string of the molecule is N#C/C(=N\Nc1ccccc1Oc1cccnc1)C(=N)N. The number of pyridine rings is 1. The molecule has 0 aliphatic heterocycles. The van der Waals surface area contributed by atoms with Gasteiger partial charge in [0.25, 0.3) is 0 Å². The van der Waals surface area contributed by atoms with E-state index in [2.05, 4.69) is 15.5 Å². The summed E-state index contributed by atoms with van der Waals surface area (Å²) in [7, 11) is 0. The first-order valence-electron chi connectivity index (χ1n) is 5.96. The smallest absolute Gasteiger partial charge is 0.201 e. The summed E-state index contributed by atoms with van der Waals surface area (Å²) in [5.74, 6) is 0.675. The number of anilines is 1. The Kier molecular flexibility index (Phi) is 4.46. The fourth-order valence-corrected chi connectivity index (χ4v) is 1.44. The van der Waals surface area contributed by atoms with Crippen molar-refractivity contribution in [1.82, 2.24) is 4.98 Å². The van der Waals surface area contributed by atoms with Gasteiger partial charge in [-0.25, -0.2) is 0 Å². The number of nitrogens with two attached hydrogens (primary N) is 1. The molecule has 0 atom stereocenters. The number of benzene rings is 1. The lowest BCUT2D eigenvalue weighted by molar-refractivity contribution is 0.482. The van der Waals surface area contributed by atoms with Gasteiger partial charge in [-0.05, 0) is 24.3 Å². The number of hydrazone groups is 1. The van der Waals surface area contributed by atoms with Crippen LogP contribution in [0.2, 0.25) is 0 Å². The Bertz CT molecular complexity index is 705. The van der Waals surface area contributed by atoms with Crippen LogP contribution >= 0.6 is 0 Å². The van der Waals surface area contributed by atoms with Crippen LogP contribution in [0.5, 0.6) is 11.5 Å². The Labute approximate surface area is 121 Å². The van der Waals surface area contributed by atoms with E-state index in [-0.39, 0.29) is 5.71 Å². The average Bonchev–Trinajstić information content (AvgIpc) is 2.50. The minimum Gasteiger partial charge on any atom is -0.454 e. The summed E-state index contributed by atoms with van der Waals surface area (Å²) in [6, 6.07) is 12.3. The van der Waals surface area contributed by atoms with Crippen LogP contribution < -0.4 is 15.9 Å². The second-order valence-corrected chi connectivity index (χ2v) is 3.88. The number of hydrogen-bond donors (Lipinski definition) is 3. The molecule has 0 fully saturated rings. The normalized spacial score (nSPS) is 10.5. The lowest BCUT2D eigenvalue weighted by atomic mass is 10.3. The molecule has 0 spiro atoms. The van der Waals surface area contributed by atoms with Gasteiger partial charge >= 0.3 is 0 Å². The van der Waals surface area contributed by atoms with Crippen molar-refractivity contribution in [2.75, 3.05) is 5.43 Å². The van der Waals surface area contributed by atoms with Gasteiger partial charge in [0, 0.05) is 6.20 Å². The second-order valence-electron chi connectivity index (χ2n) is 3.88. The topological polar surface area (TPSA) is 120 Å². The van der Waals surface area contributed by atoms with E-state index in [9.17, 15) is 0 Å². The fraction of sp³-hybridized carbons (Fsp3) is 0. The van der Waals surface area contributed by atoms with Gasteiger partial charge in [-0.2, -0.15) is 10.4 Å². The third-order valence-electron chi connectivity index (χ3n) is 2.40. The van der Waals surface area contributed by atoms with Crippen LogP contribution in [-0.4, -0.2) is 16.5 Å². The zero-order chi connectivity index (χ0) is 15.1. The van der Waals surface area contributed by atoms with Gasteiger partial charge in [0.15, 0.2) is 11.6 Å². The number of rotatable bonds is 5. The van der Waals surface area contributed by atoms with Crippen molar-refractivity contribution in [2.45, 2.75) is 0 Å². The molecular formula is C14H12N6O. The van der Waals surface area contributed by atoms with E-state index in [1.165, 1.54) is 0 Å². The Morgan fingerprint density at radius 1 is 1.33 bits per heavy atom. The van der Waals surface area contributed by atoms with E-state index in [4.69, 9.17) is 21.1 Å². The molecule has 0 saturated carbocycles. The van der Waals surface area contributed by atoms with E-state index in [0.717, 1.165) is 0 Å². The van der Waals surface area contributed by atoms with Crippen LogP contribution in [0.1, 0.15) is 0 Å². The molecule has 104 valence electrons. The van der Waals surface area contributed by atoms with Crippen molar-refractivity contribution in [1.29, 1.82) is 10.7 Å². The Balaban J connectivity index is 2.22. The van der Waals surface area contributed by atoms with Crippen molar-refractivity contribution in [3.63, 3.8) is 0 Å². The highest BCUT2D eigenvalue weighted by Crippen LogP contribution is 2.28. The number of aromatic nitrogens is 1. The van der Waals surface area contributed by atoms with E-state index >= 15 is 0 Å². The number of nitrogens with zero attached hydrogens (tertiary/aromatic N) is 3. The average molecular weight is 280 g/mol. The minimum atomic E-state index is -0.407. The van der Waals surface area contributed by atoms with Crippen LogP contribution in [-0.2, 0) is 0 Å². The van der Waals surface area contributed by atoms with Gasteiger partial charge < -0.3 is 10.5 Å². The van der Waals surface area contributed by atoms with Gasteiger partial charge in [-0.1, -0.05) is 12.1 Å². The molecule has 0 amide bonds. The molecule has 1 heterocycles. The minimum absolute atomic E-state index is 0.203. The molecule has 7 nitrogen and oxygen atoms in total. The molecule has 2 rings (SSSR count). The first-order chi connectivity index (χ1) is 10.2. The van der Waals surface area contributed by atoms with Crippen LogP contribution in [0.3, 0.4) is 0 Å². The highest BCUT2D eigenvalue weighted by Gasteiger charge is 2.05. The summed E-state index contributed by atoms with van der Waals surface area (Å²) < 4.78 is 5.67. The zero-order valence-corrected chi connectivity index (χ0v) is 10.9. The molecule has 0 unspecified atom stereocenters. The fourth-order valence-electron chi connectivity index (χ4n) is 1.44. The summed E-state index contributed by atoms with van der Waals surface area (Å²) in [5, 5.41) is 19.8. The van der Waals surface area contributed by atoms with Gasteiger partial charge in [0.05, 0.1) is 11.9 Å². The summed E-state index contributed by atoms with van der Waals surface area (Å²) in [6.45, 7) is 0. The lowest BCUT2D eigenvalue weighted by Gasteiger charge is -2.10. The molecule has 2 aromatic rings. The monoisotopic (exact) mass is 280 g/mol. The summed E-state index contributed by atoms with van der Waals surface area (Å²) >= 11 is 0. The molecule has 0 bridgehead atoms. The maximum absolute atomic E-state index is 8.80. The standard InChI is InChI=1S/C14H12N6O/c15-8-12(14(16)17)20-19-11-5-1-2-6-13(11)21-10-4-3-7-18-9-10/h1-7,9,19H,(H3,16,17)/b20-12+. The molecule has 1 aromatic carbocycles. The highest BCUT2D eigenvalue weighted by atomic mass is 16.5. The van der Waals surface area contributed by atoms with Crippen molar-refractivity contribution >= 4 is 17.2 Å². The molecule has 0 aliphatic carbocycles. The van der Waals surface area contributed by atoms with Gasteiger partial charge in [0.1, 0.15) is 11.8 Å². The van der Waals surface area contributed by atoms with Gasteiger partial charge in [-0.15, -0.1) is 0 Å². The number of amidine groups is 1. The number of ether oxygens (including phenoxy) is 1. The maximum Gasteiger partial charge on any atom is 0.201 e. The van der Waals surface area contributed by atoms with Crippen LogP contribution in [0, 0.1) is 16.7 Å². The molecule has 0 aliphatic rings. The number of para-hydroxylation sites is 2. The predicted octanol–water partition coefficient (Wildman–Crippen LogP) is 2.10. The number of hydrogen-bond acceptors (Lipinski definition) is 6. The molecule has 21 heavy (non-hydrogen) atoms. The molecule has 4 N–H and O–H groups in total. The van der Waals surface area contributed by atoms with Crippen molar-refractivity contribution in [2.24, 2.45) is 10.8 Å². The first-order valence-corrected chi connectivity index (χ1v) is 5.96. The lowest BCUT2D eigenvalue weighted by Crippen LogP contribution is -2.21. The first kappa shape index (κ1) is 14.0. The van der Waals surface area contributed by atoms with Crippen molar-refractivity contribution < 1.29 is 4.74 Å². The highest BCUT2D eigenvalue weighted by molar-refractivity contribution is 6.45. The summed E-state index contributed by atoms with van der Waals surface area (Å²) in [5.41, 5.74) is 8.22. The van der Waals surface area contributed by atoms with E-state index < -0.39 is 5.84 Å². The quantitative estimate of drug-likeness (QED) is 0.440. The van der Waals surface area contributed by atoms with E-state index in [1.807, 2.05) is 0 Å². The van der Waals surface area contributed by atoms with Crippen LogP contribution in [0.25, 0.3) is 0 Å². The summed E-state index contributed by atoms with van der Waals surface area (Å²) in [6.07, 6.45) is 3.23. The van der Waals surface area contributed by atoms with Crippen LogP contribution in [0.4, 0.5) is 5.69 Å². The third kappa shape index (κ3) is 3.78. The largest absolute Gasteiger partial charge is 0.454 e. The summed E-state index contributed by atoms with van der Waals surface area (Å²) in [4.78, 5) is 3.96. The van der Waals surface area contributed by atoms with Gasteiger partial charge in [-0.3, -0.25) is 15.8 Å². The Morgan fingerprint density at radius 3 is 2.81 bits per heavy atom. The van der Waals surface area contributed by atoms with Crippen molar-refractivity contribution in [3.8, 4) is 17.6 Å². The van der Waals surface area contributed by atoms with E-state index in [1.54, 1.807) is 54.9 Å². The second kappa shape index (κ2) is 6.68. The zero-order valence-electron chi connectivity index (χ0n) is 10.9. The molecule has 1 aromatic heterocycles. The van der Waals surface area contributed by atoms with E-state index in [0.29, 0.717) is 17.2 Å². The molecule has 7 heteroatoms. The van der Waals surface area contributed by atoms with Crippen molar-refractivity contribution in [3.05, 3.63) is 48.8 Å². The maximum atomic E-state index is 8.80. The number of nitrogens with one attached hydrogen (secondary N) is 2. The predicted molar refractivity (Wildman–Crippen MR) is 79.3 cm³/mol. The third-order valence-corrected chi connectivity index (χ3v) is 2.40. The van der Waals surface area contributed by atoms with Crippen LogP contribution in [0.15, 0.2) is 53.9 Å². The molecule has 0 radical (unpaired) electrons. The Hall–Kier alpha value is -3.40. The molecular weight excluding hydrogens is 268 g/mol. The Morgan fingerprint density at radius 2 is 2.14 bits per heavy atom. The molecule has 0 saturated heterocycles.